The monoisotopic (exact) mass is 367 g/mol. The number of hydrogen-bond donors (Lipinski definition) is 3. The third-order valence-electron chi connectivity index (χ3n) is 4.84. The first kappa shape index (κ1) is 17.8. The number of amides is 1. The van der Waals surface area contributed by atoms with E-state index in [9.17, 15) is 4.79 Å². The maximum absolute atomic E-state index is 12.3. The van der Waals surface area contributed by atoms with Crippen LogP contribution in [0.1, 0.15) is 37.4 Å². The molecule has 0 spiro atoms. The largest absolute Gasteiger partial charge is 0.483 e. The van der Waals surface area contributed by atoms with E-state index < -0.39 is 0 Å². The Labute approximate surface area is 159 Å². The van der Waals surface area contributed by atoms with Crippen molar-refractivity contribution >= 4 is 11.6 Å². The molecular weight excluding hydrogens is 342 g/mol. The lowest BCUT2D eigenvalue weighted by atomic mass is 10.0. The van der Waals surface area contributed by atoms with Gasteiger partial charge in [0, 0.05) is 30.3 Å². The maximum Gasteiger partial charge on any atom is 0.262 e. The van der Waals surface area contributed by atoms with Crippen molar-refractivity contribution < 1.29 is 14.3 Å². The van der Waals surface area contributed by atoms with Crippen LogP contribution in [-0.2, 0) is 11.2 Å². The molecular formula is C21H25N3O3. The van der Waals surface area contributed by atoms with Gasteiger partial charge in [0.15, 0.2) is 18.1 Å². The molecule has 2 aliphatic rings. The minimum Gasteiger partial charge on any atom is -0.483 e. The zero-order valence-electron chi connectivity index (χ0n) is 15.7. The Morgan fingerprint density at radius 2 is 2.07 bits per heavy atom. The summed E-state index contributed by atoms with van der Waals surface area (Å²) in [6.45, 7) is 5.00. The second-order valence-corrected chi connectivity index (χ2v) is 7.65. The Balaban J connectivity index is 1.34. The highest BCUT2D eigenvalue weighted by molar-refractivity contribution is 5.91. The van der Waals surface area contributed by atoms with E-state index >= 15 is 0 Å². The number of carbonyl (C=O) groups is 1. The number of nitrogens with one attached hydrogen (secondary N) is 3. The molecule has 27 heavy (non-hydrogen) atoms. The van der Waals surface area contributed by atoms with Crippen molar-refractivity contribution in [2.75, 3.05) is 18.5 Å². The van der Waals surface area contributed by atoms with E-state index in [1.807, 2.05) is 56.3 Å². The Morgan fingerprint density at radius 1 is 1.26 bits per heavy atom. The van der Waals surface area contributed by atoms with E-state index in [2.05, 4.69) is 16.2 Å². The number of carbonyl (C=O) groups excluding carboxylic acids is 1. The van der Waals surface area contributed by atoms with Crippen LogP contribution in [0, 0.1) is 0 Å². The lowest BCUT2D eigenvalue weighted by Crippen LogP contribution is -2.25. The summed E-state index contributed by atoms with van der Waals surface area (Å²) in [5, 5.41) is 2.87. The second-order valence-electron chi connectivity index (χ2n) is 7.65. The molecule has 1 saturated heterocycles. The molecule has 6 heteroatoms. The molecule has 2 aromatic rings. The molecule has 1 fully saturated rings. The summed E-state index contributed by atoms with van der Waals surface area (Å²) in [6.07, 6.45) is 1.89. The zero-order valence-corrected chi connectivity index (χ0v) is 15.7. The molecule has 0 saturated carbocycles. The molecule has 0 bridgehead atoms. The molecule has 1 amide bonds. The van der Waals surface area contributed by atoms with Gasteiger partial charge in [-0.2, -0.15) is 0 Å². The lowest BCUT2D eigenvalue weighted by Gasteiger charge is -2.18. The number of rotatable bonds is 5. The average Bonchev–Trinajstić information content (AvgIpc) is 3.27. The summed E-state index contributed by atoms with van der Waals surface area (Å²) in [5.41, 5.74) is 9.19. The summed E-state index contributed by atoms with van der Waals surface area (Å²) in [5.74, 6) is 1.17. The molecule has 0 aromatic heterocycles. The van der Waals surface area contributed by atoms with Gasteiger partial charge in [0.1, 0.15) is 5.60 Å². The van der Waals surface area contributed by atoms with Gasteiger partial charge in [-0.3, -0.25) is 15.6 Å². The quantitative estimate of drug-likeness (QED) is 0.758. The van der Waals surface area contributed by atoms with E-state index in [1.54, 1.807) is 0 Å². The van der Waals surface area contributed by atoms with Crippen LogP contribution in [0.4, 0.5) is 5.69 Å². The predicted octanol–water partition coefficient (Wildman–Crippen LogP) is 2.96. The summed E-state index contributed by atoms with van der Waals surface area (Å²) in [7, 11) is 0. The van der Waals surface area contributed by atoms with E-state index in [1.165, 1.54) is 5.56 Å². The van der Waals surface area contributed by atoms with E-state index in [0.717, 1.165) is 36.4 Å². The molecule has 4 rings (SSSR count). The topological polar surface area (TPSA) is 71.6 Å². The highest BCUT2D eigenvalue weighted by Gasteiger charge is 2.32. The van der Waals surface area contributed by atoms with Gasteiger partial charge < -0.3 is 14.8 Å². The van der Waals surface area contributed by atoms with Crippen LogP contribution in [0.2, 0.25) is 0 Å². The summed E-state index contributed by atoms with van der Waals surface area (Å²) < 4.78 is 11.7. The highest BCUT2D eigenvalue weighted by Crippen LogP contribution is 2.41. The van der Waals surface area contributed by atoms with Crippen LogP contribution in [0.25, 0.3) is 0 Å². The number of hydrazine groups is 1. The van der Waals surface area contributed by atoms with Gasteiger partial charge in [-0.25, -0.2) is 0 Å². The van der Waals surface area contributed by atoms with E-state index in [-0.39, 0.29) is 18.1 Å². The Morgan fingerprint density at radius 3 is 2.81 bits per heavy atom. The van der Waals surface area contributed by atoms with Crippen LogP contribution >= 0.6 is 0 Å². The van der Waals surface area contributed by atoms with Crippen molar-refractivity contribution in [3.8, 4) is 11.5 Å². The first-order valence-electron chi connectivity index (χ1n) is 9.32. The number of fused-ring (bicyclic) bond motifs is 1. The van der Waals surface area contributed by atoms with Crippen molar-refractivity contribution in [3.05, 3.63) is 53.6 Å². The molecule has 2 aliphatic heterocycles. The predicted molar refractivity (Wildman–Crippen MR) is 104 cm³/mol. The van der Waals surface area contributed by atoms with Crippen LogP contribution in [0.15, 0.2) is 42.5 Å². The van der Waals surface area contributed by atoms with Gasteiger partial charge in [0.05, 0.1) is 0 Å². The molecule has 0 aliphatic carbocycles. The number of ether oxygens (including phenoxy) is 2. The number of hydrogen-bond acceptors (Lipinski definition) is 5. The molecule has 142 valence electrons. The van der Waals surface area contributed by atoms with Gasteiger partial charge >= 0.3 is 0 Å². The molecule has 1 atom stereocenters. The van der Waals surface area contributed by atoms with Crippen molar-refractivity contribution in [2.45, 2.75) is 38.3 Å². The molecule has 3 N–H and O–H groups in total. The van der Waals surface area contributed by atoms with Gasteiger partial charge in [-0.1, -0.05) is 24.3 Å². The average molecular weight is 367 g/mol. The molecule has 1 unspecified atom stereocenters. The third kappa shape index (κ3) is 4.07. The van der Waals surface area contributed by atoms with Gasteiger partial charge in [-0.05, 0) is 44.0 Å². The van der Waals surface area contributed by atoms with Crippen LogP contribution in [0.5, 0.6) is 11.5 Å². The first-order chi connectivity index (χ1) is 13.0. The van der Waals surface area contributed by atoms with Crippen LogP contribution in [-0.4, -0.2) is 24.7 Å². The van der Waals surface area contributed by atoms with Gasteiger partial charge in [-0.15, -0.1) is 0 Å². The fraction of sp³-hybridized carbons (Fsp3) is 0.381. The fourth-order valence-corrected chi connectivity index (χ4v) is 3.57. The van der Waals surface area contributed by atoms with Crippen molar-refractivity contribution in [3.63, 3.8) is 0 Å². The lowest BCUT2D eigenvalue weighted by molar-refractivity contribution is -0.118. The minimum absolute atomic E-state index is 0.0594. The summed E-state index contributed by atoms with van der Waals surface area (Å²) in [6, 6.07) is 14.0. The van der Waals surface area contributed by atoms with E-state index in [0.29, 0.717) is 11.8 Å². The van der Waals surface area contributed by atoms with Crippen molar-refractivity contribution in [2.24, 2.45) is 0 Å². The summed E-state index contributed by atoms with van der Waals surface area (Å²) >= 11 is 0. The molecule has 2 aromatic carbocycles. The smallest absolute Gasteiger partial charge is 0.262 e. The number of benzene rings is 2. The Hall–Kier alpha value is -2.57. The highest BCUT2D eigenvalue weighted by atomic mass is 16.5. The fourth-order valence-electron chi connectivity index (χ4n) is 3.57. The van der Waals surface area contributed by atoms with Crippen LogP contribution in [0.3, 0.4) is 0 Å². The molecule has 6 nitrogen and oxygen atoms in total. The zero-order chi connectivity index (χ0) is 18.9. The van der Waals surface area contributed by atoms with Crippen molar-refractivity contribution in [1.29, 1.82) is 0 Å². The van der Waals surface area contributed by atoms with Crippen molar-refractivity contribution in [1.82, 2.24) is 10.9 Å². The Kier molecular flexibility index (Phi) is 4.76. The van der Waals surface area contributed by atoms with Gasteiger partial charge in [0.2, 0.25) is 0 Å². The first-order valence-corrected chi connectivity index (χ1v) is 9.32. The number of para-hydroxylation sites is 1. The summed E-state index contributed by atoms with van der Waals surface area (Å²) in [4.78, 5) is 12.3. The van der Waals surface area contributed by atoms with E-state index in [4.69, 9.17) is 9.47 Å². The molecule has 2 heterocycles. The minimum atomic E-state index is -0.241. The SMILES string of the molecule is CC1(C)Cc2cccc(OCC(=O)Nc3ccc(C4CCNN4)cc3)c2O1. The number of anilines is 1. The third-order valence-corrected chi connectivity index (χ3v) is 4.84. The molecule has 0 radical (unpaired) electrons. The Bertz CT molecular complexity index is 827. The normalized spacial score (nSPS) is 20.0. The van der Waals surface area contributed by atoms with Crippen LogP contribution < -0.4 is 25.6 Å². The maximum atomic E-state index is 12.3. The second kappa shape index (κ2) is 7.21. The standard InChI is InChI=1S/C21H25N3O3/c1-21(2)12-15-4-3-5-18(20(15)27-21)26-13-19(25)23-16-8-6-14(7-9-16)17-10-11-22-24-17/h3-9,17,22,24H,10-13H2,1-2H3,(H,23,25). The van der Waals surface area contributed by atoms with Gasteiger partial charge in [0.25, 0.3) is 5.91 Å².